The highest BCUT2D eigenvalue weighted by atomic mass is 19.1. The summed E-state index contributed by atoms with van der Waals surface area (Å²) in [4.78, 5) is 42.7. The van der Waals surface area contributed by atoms with E-state index in [1.54, 1.807) is 0 Å². The molecular formula is C26H31F2N3O3. The summed E-state index contributed by atoms with van der Waals surface area (Å²) in [7, 11) is 2.99. The number of rotatable bonds is 8. The van der Waals surface area contributed by atoms with E-state index in [4.69, 9.17) is 0 Å². The minimum absolute atomic E-state index is 0.0279. The summed E-state index contributed by atoms with van der Waals surface area (Å²) in [5, 5.41) is 2.81. The van der Waals surface area contributed by atoms with Crippen LogP contribution in [0, 0.1) is 17.6 Å². The molecule has 182 valence electrons. The maximum atomic E-state index is 14.9. The van der Waals surface area contributed by atoms with Gasteiger partial charge in [-0.3, -0.25) is 14.4 Å². The van der Waals surface area contributed by atoms with Crippen LogP contribution in [0.5, 0.6) is 0 Å². The zero-order chi connectivity index (χ0) is 25.0. The molecule has 34 heavy (non-hydrogen) atoms. The highest BCUT2D eigenvalue weighted by molar-refractivity contribution is 6.00. The fourth-order valence-corrected chi connectivity index (χ4v) is 4.28. The van der Waals surface area contributed by atoms with Gasteiger partial charge in [-0.25, -0.2) is 8.78 Å². The van der Waals surface area contributed by atoms with Crippen molar-refractivity contribution < 1.29 is 23.2 Å². The van der Waals surface area contributed by atoms with Gasteiger partial charge in [-0.05, 0) is 36.8 Å². The van der Waals surface area contributed by atoms with Crippen LogP contribution in [0.3, 0.4) is 0 Å². The first kappa shape index (κ1) is 25.3. The van der Waals surface area contributed by atoms with Crippen LogP contribution in [0.15, 0.2) is 48.5 Å². The molecule has 1 N–H and O–H groups in total. The summed E-state index contributed by atoms with van der Waals surface area (Å²) in [5.41, 5.74) is 0.865. The van der Waals surface area contributed by atoms with Crippen molar-refractivity contribution in [2.24, 2.45) is 5.92 Å². The zero-order valence-electron chi connectivity index (χ0n) is 19.9. The average molecular weight is 472 g/mol. The van der Waals surface area contributed by atoms with Crippen LogP contribution in [-0.4, -0.2) is 53.7 Å². The minimum Gasteiger partial charge on any atom is -0.347 e. The van der Waals surface area contributed by atoms with Crippen molar-refractivity contribution in [1.29, 1.82) is 0 Å². The van der Waals surface area contributed by atoms with E-state index in [0.29, 0.717) is 25.3 Å². The number of amides is 3. The molecule has 1 aliphatic rings. The smallest absolute Gasteiger partial charge is 0.249 e. The van der Waals surface area contributed by atoms with E-state index in [-0.39, 0.29) is 17.4 Å². The number of likely N-dealkylation sites (N-methyl/N-ethyl adjacent to an activating group) is 1. The van der Waals surface area contributed by atoms with Crippen LogP contribution >= 0.6 is 0 Å². The second kappa shape index (κ2) is 10.8. The molecule has 0 radical (unpaired) electrons. The third-order valence-corrected chi connectivity index (χ3v) is 5.98. The van der Waals surface area contributed by atoms with E-state index in [9.17, 15) is 23.2 Å². The fraction of sp³-hybridized carbons (Fsp3) is 0.423. The molecule has 0 aromatic heterocycles. The lowest BCUT2D eigenvalue weighted by molar-refractivity contribution is -0.158. The highest BCUT2D eigenvalue weighted by Crippen LogP contribution is 2.33. The first-order valence-corrected chi connectivity index (χ1v) is 11.4. The van der Waals surface area contributed by atoms with Gasteiger partial charge in [-0.2, -0.15) is 0 Å². The van der Waals surface area contributed by atoms with Crippen LogP contribution in [0.4, 0.5) is 8.78 Å². The molecule has 1 aliphatic heterocycles. The van der Waals surface area contributed by atoms with Crippen molar-refractivity contribution in [3.63, 3.8) is 0 Å². The van der Waals surface area contributed by atoms with Crippen LogP contribution < -0.4 is 5.32 Å². The Bertz CT molecular complexity index is 1040. The van der Waals surface area contributed by atoms with Crippen LogP contribution in [0.1, 0.15) is 43.9 Å². The number of hydrogen-bond donors (Lipinski definition) is 1. The van der Waals surface area contributed by atoms with Crippen LogP contribution in [-0.2, 0) is 20.8 Å². The second-order valence-electron chi connectivity index (χ2n) is 9.28. The molecule has 0 unspecified atom stereocenters. The topological polar surface area (TPSA) is 69.7 Å². The van der Waals surface area contributed by atoms with Gasteiger partial charge in [0, 0.05) is 25.7 Å². The van der Waals surface area contributed by atoms with Gasteiger partial charge in [0.2, 0.25) is 17.7 Å². The SMILES string of the molecule is CC(C)C[C@@H]1C(=O)N[C@H](CCc2ccccc2)C(=O)N1[C@@H](C(=O)N(C)C)c1ccc(F)cc1F. The number of nitrogens with one attached hydrogen (secondary N) is 1. The van der Waals surface area contributed by atoms with Gasteiger partial charge in [0.1, 0.15) is 29.8 Å². The average Bonchev–Trinajstić information content (AvgIpc) is 2.78. The predicted molar refractivity (Wildman–Crippen MR) is 125 cm³/mol. The van der Waals surface area contributed by atoms with Crippen molar-refractivity contribution in [3.8, 4) is 0 Å². The fourth-order valence-electron chi connectivity index (χ4n) is 4.28. The summed E-state index contributed by atoms with van der Waals surface area (Å²) >= 11 is 0. The monoisotopic (exact) mass is 471 g/mol. The number of piperazine rings is 1. The van der Waals surface area contributed by atoms with Crippen LogP contribution in [0.25, 0.3) is 0 Å². The van der Waals surface area contributed by atoms with E-state index < -0.39 is 41.6 Å². The van der Waals surface area contributed by atoms with Gasteiger partial charge in [0.25, 0.3) is 0 Å². The molecule has 6 nitrogen and oxygen atoms in total. The van der Waals surface area contributed by atoms with Gasteiger partial charge >= 0.3 is 0 Å². The molecule has 2 aromatic rings. The zero-order valence-corrected chi connectivity index (χ0v) is 19.9. The molecular weight excluding hydrogens is 440 g/mol. The number of hydrogen-bond acceptors (Lipinski definition) is 3. The van der Waals surface area contributed by atoms with E-state index >= 15 is 0 Å². The number of nitrogens with zero attached hydrogens (tertiary/aromatic N) is 2. The third kappa shape index (κ3) is 5.61. The standard InChI is InChI=1S/C26H31F2N3O3/c1-16(2)14-22-24(32)29-21(13-10-17-8-6-5-7-9-17)25(33)31(22)23(26(34)30(3)4)19-12-11-18(27)15-20(19)28/h5-9,11-12,15-16,21-23H,10,13-14H2,1-4H3,(H,29,32)/t21-,22-,23-/m1/s1. The van der Waals surface area contributed by atoms with Gasteiger partial charge in [0.05, 0.1) is 0 Å². The number of carbonyl (C=O) groups is 3. The molecule has 0 spiro atoms. The van der Waals surface area contributed by atoms with Crippen molar-refractivity contribution in [1.82, 2.24) is 15.1 Å². The highest BCUT2D eigenvalue weighted by Gasteiger charge is 2.47. The second-order valence-corrected chi connectivity index (χ2v) is 9.28. The lowest BCUT2D eigenvalue weighted by Gasteiger charge is -2.44. The number of aryl methyl sites for hydroxylation is 1. The number of halogens is 2. The Morgan fingerprint density at radius 3 is 2.35 bits per heavy atom. The summed E-state index contributed by atoms with van der Waals surface area (Å²) in [5.74, 6) is -3.11. The summed E-state index contributed by atoms with van der Waals surface area (Å²) in [6.45, 7) is 3.80. The Labute approximate surface area is 198 Å². The van der Waals surface area contributed by atoms with E-state index in [1.807, 2.05) is 44.2 Å². The Hall–Kier alpha value is -3.29. The van der Waals surface area contributed by atoms with Gasteiger partial charge < -0.3 is 15.1 Å². The molecule has 0 aliphatic carbocycles. The summed E-state index contributed by atoms with van der Waals surface area (Å²) < 4.78 is 28.6. The van der Waals surface area contributed by atoms with E-state index in [0.717, 1.165) is 11.6 Å². The molecule has 1 saturated heterocycles. The maximum absolute atomic E-state index is 14.9. The molecule has 0 saturated carbocycles. The van der Waals surface area contributed by atoms with E-state index in [1.165, 1.54) is 30.0 Å². The third-order valence-electron chi connectivity index (χ3n) is 5.98. The maximum Gasteiger partial charge on any atom is 0.249 e. The largest absolute Gasteiger partial charge is 0.347 e. The van der Waals surface area contributed by atoms with E-state index in [2.05, 4.69) is 5.32 Å². The normalized spacial score (nSPS) is 19.2. The Morgan fingerprint density at radius 1 is 1.09 bits per heavy atom. The summed E-state index contributed by atoms with van der Waals surface area (Å²) in [6.07, 6.45) is 1.16. The molecule has 3 rings (SSSR count). The molecule has 3 amide bonds. The van der Waals surface area contributed by atoms with Crippen molar-refractivity contribution >= 4 is 17.7 Å². The first-order chi connectivity index (χ1) is 16.1. The van der Waals surface area contributed by atoms with Gasteiger partial charge in [0.15, 0.2) is 0 Å². The van der Waals surface area contributed by atoms with Crippen molar-refractivity contribution in [2.75, 3.05) is 14.1 Å². The van der Waals surface area contributed by atoms with Crippen molar-refractivity contribution in [3.05, 3.63) is 71.3 Å². The van der Waals surface area contributed by atoms with Gasteiger partial charge in [-0.15, -0.1) is 0 Å². The molecule has 0 bridgehead atoms. The van der Waals surface area contributed by atoms with Crippen molar-refractivity contribution in [2.45, 2.75) is 51.2 Å². The molecule has 3 atom stereocenters. The molecule has 2 aromatic carbocycles. The summed E-state index contributed by atoms with van der Waals surface area (Å²) in [6, 6.07) is 9.23. The quantitative estimate of drug-likeness (QED) is 0.641. The first-order valence-electron chi connectivity index (χ1n) is 11.4. The number of carbonyl (C=O) groups excluding carboxylic acids is 3. The molecule has 8 heteroatoms. The lowest BCUT2D eigenvalue weighted by Crippen LogP contribution is -2.65. The molecule has 1 heterocycles. The number of benzene rings is 2. The van der Waals surface area contributed by atoms with Crippen LogP contribution in [0.2, 0.25) is 0 Å². The molecule has 1 fully saturated rings. The Kier molecular flexibility index (Phi) is 8.02. The Balaban J connectivity index is 2.04. The lowest BCUT2D eigenvalue weighted by atomic mass is 9.91. The minimum atomic E-state index is -1.39. The Morgan fingerprint density at radius 2 is 1.76 bits per heavy atom. The van der Waals surface area contributed by atoms with Gasteiger partial charge in [-0.1, -0.05) is 50.2 Å². The predicted octanol–water partition coefficient (Wildman–Crippen LogP) is 3.47.